The number of rotatable bonds is 9. The molecule has 0 aliphatic rings. The molecule has 11 aromatic rings. The highest BCUT2D eigenvalue weighted by atomic mass is 15.1. The Morgan fingerprint density at radius 2 is 0.661 bits per heavy atom. The number of hydrogen-bond donors (Lipinski definition) is 0. The van der Waals surface area contributed by atoms with Crippen LogP contribution in [0.15, 0.2) is 255 Å². The van der Waals surface area contributed by atoms with E-state index in [0.29, 0.717) is 0 Å². The third kappa shape index (κ3) is 6.74. The van der Waals surface area contributed by atoms with Gasteiger partial charge in [0.15, 0.2) is 0 Å². The Hall–Kier alpha value is -8.20. The van der Waals surface area contributed by atoms with Gasteiger partial charge in [0.25, 0.3) is 0 Å². The molecule has 0 bridgehead atoms. The fraction of sp³-hybridized carbons (Fsp3) is 0. The Balaban J connectivity index is 1.08. The first-order valence-corrected chi connectivity index (χ1v) is 21.3. The predicted octanol–water partition coefficient (Wildman–Crippen LogP) is 16.6. The molecule has 0 spiro atoms. The number of fused-ring (bicyclic) bond motifs is 3. The average Bonchev–Trinajstić information content (AvgIpc) is 3.70. The van der Waals surface area contributed by atoms with Gasteiger partial charge in [0.2, 0.25) is 0 Å². The van der Waals surface area contributed by atoms with Gasteiger partial charge in [-0.1, -0.05) is 194 Å². The lowest BCUT2D eigenvalue weighted by atomic mass is 9.87. The largest absolute Gasteiger partial charge is 0.310 e. The van der Waals surface area contributed by atoms with Gasteiger partial charge in [-0.25, -0.2) is 0 Å². The molecule has 0 fully saturated rings. The molecule has 10 aromatic carbocycles. The van der Waals surface area contributed by atoms with Crippen LogP contribution in [-0.2, 0) is 0 Å². The van der Waals surface area contributed by atoms with Crippen LogP contribution in [0, 0.1) is 0 Å². The van der Waals surface area contributed by atoms with Crippen LogP contribution < -0.4 is 4.90 Å². The molecule has 1 heterocycles. The standard InChI is InChI=1S/C60H42N2/c1-4-18-43(19-5-1)45-32-35-48(36-33-45)61(49-37-39-50(40-38-49)62-59-30-16-13-27-55(59)56-28-14-17-31-60(56)62)58-29-15-12-26-54(58)52-25-11-10-24-51(52)53-41-34-47(44-20-6-2-7-21-44)42-57(53)46-22-8-3-9-23-46/h1-42H. The van der Waals surface area contributed by atoms with Crippen molar-refractivity contribution in [1.29, 1.82) is 0 Å². The Morgan fingerprint density at radius 3 is 1.26 bits per heavy atom. The predicted molar refractivity (Wildman–Crippen MR) is 263 cm³/mol. The number of nitrogens with zero attached hydrogens (tertiary/aromatic N) is 2. The lowest BCUT2D eigenvalue weighted by Crippen LogP contribution is -2.11. The van der Waals surface area contributed by atoms with Crippen molar-refractivity contribution < 1.29 is 0 Å². The molecule has 0 saturated heterocycles. The summed E-state index contributed by atoms with van der Waals surface area (Å²) < 4.78 is 2.38. The highest BCUT2D eigenvalue weighted by molar-refractivity contribution is 6.09. The smallest absolute Gasteiger partial charge is 0.0541 e. The van der Waals surface area contributed by atoms with Crippen molar-refractivity contribution in [2.45, 2.75) is 0 Å². The Bertz CT molecular complexity index is 3260. The molecule has 2 heteroatoms. The zero-order chi connectivity index (χ0) is 41.2. The van der Waals surface area contributed by atoms with Gasteiger partial charge in [-0.15, -0.1) is 0 Å². The maximum atomic E-state index is 2.41. The molecular weight excluding hydrogens is 749 g/mol. The van der Waals surface area contributed by atoms with E-state index in [0.717, 1.165) is 28.3 Å². The van der Waals surface area contributed by atoms with E-state index in [-0.39, 0.29) is 0 Å². The second kappa shape index (κ2) is 16.1. The maximum Gasteiger partial charge on any atom is 0.0541 e. The van der Waals surface area contributed by atoms with Crippen molar-refractivity contribution >= 4 is 38.9 Å². The van der Waals surface area contributed by atoms with Crippen molar-refractivity contribution in [1.82, 2.24) is 4.57 Å². The van der Waals surface area contributed by atoms with E-state index in [2.05, 4.69) is 264 Å². The second-order valence-electron chi connectivity index (χ2n) is 15.7. The van der Waals surface area contributed by atoms with E-state index in [4.69, 9.17) is 0 Å². The van der Waals surface area contributed by atoms with Gasteiger partial charge in [0.05, 0.1) is 16.7 Å². The van der Waals surface area contributed by atoms with Crippen LogP contribution in [0.4, 0.5) is 17.1 Å². The van der Waals surface area contributed by atoms with Gasteiger partial charge in [0.1, 0.15) is 0 Å². The van der Waals surface area contributed by atoms with E-state index in [1.54, 1.807) is 0 Å². The van der Waals surface area contributed by atoms with Crippen molar-refractivity contribution in [3.05, 3.63) is 255 Å². The molecule has 0 N–H and O–H groups in total. The average molecular weight is 791 g/mol. The van der Waals surface area contributed by atoms with Crippen molar-refractivity contribution in [2.24, 2.45) is 0 Å². The van der Waals surface area contributed by atoms with Crippen molar-refractivity contribution in [3.63, 3.8) is 0 Å². The maximum absolute atomic E-state index is 2.41. The fourth-order valence-electron chi connectivity index (χ4n) is 9.11. The Labute approximate surface area is 362 Å². The van der Waals surface area contributed by atoms with Crippen LogP contribution in [0.1, 0.15) is 0 Å². The molecule has 0 amide bonds. The van der Waals surface area contributed by atoms with E-state index < -0.39 is 0 Å². The summed E-state index contributed by atoms with van der Waals surface area (Å²) in [7, 11) is 0. The summed E-state index contributed by atoms with van der Waals surface area (Å²) in [5.41, 5.74) is 18.6. The molecular formula is C60H42N2. The molecule has 0 saturated carbocycles. The number of hydrogen-bond acceptors (Lipinski definition) is 1. The highest BCUT2D eigenvalue weighted by Crippen LogP contribution is 2.46. The summed E-state index contributed by atoms with van der Waals surface area (Å²) in [5, 5.41) is 2.51. The third-order valence-corrected chi connectivity index (χ3v) is 12.0. The Kier molecular flexibility index (Phi) is 9.57. The number of para-hydroxylation sites is 3. The van der Waals surface area contributed by atoms with Gasteiger partial charge in [-0.2, -0.15) is 0 Å². The SMILES string of the molecule is c1ccc(-c2ccc(N(c3ccc(-n4c5ccccc5c5ccccc54)cc3)c3ccccc3-c3ccccc3-c3ccc(-c4ccccc4)cc3-c3ccccc3)cc2)cc1. The molecule has 1 aromatic heterocycles. The molecule has 2 nitrogen and oxygen atoms in total. The second-order valence-corrected chi connectivity index (χ2v) is 15.7. The lowest BCUT2D eigenvalue weighted by molar-refractivity contribution is 1.17. The fourth-order valence-corrected chi connectivity index (χ4v) is 9.11. The minimum Gasteiger partial charge on any atom is -0.310 e. The highest BCUT2D eigenvalue weighted by Gasteiger charge is 2.21. The molecule has 292 valence electrons. The van der Waals surface area contributed by atoms with Crippen LogP contribution in [0.2, 0.25) is 0 Å². The molecule has 0 aliphatic heterocycles. The summed E-state index contributed by atoms with van der Waals surface area (Å²) in [5.74, 6) is 0. The van der Waals surface area contributed by atoms with E-state index in [1.165, 1.54) is 71.9 Å². The van der Waals surface area contributed by atoms with Crippen molar-refractivity contribution in [2.75, 3.05) is 4.90 Å². The molecule has 62 heavy (non-hydrogen) atoms. The lowest BCUT2D eigenvalue weighted by Gasteiger charge is -2.29. The minimum atomic E-state index is 1.07. The first-order chi connectivity index (χ1) is 30.8. The summed E-state index contributed by atoms with van der Waals surface area (Å²) in [6, 6.07) is 92.1. The number of benzene rings is 10. The molecule has 0 atom stereocenters. The first kappa shape index (κ1) is 36.8. The summed E-state index contributed by atoms with van der Waals surface area (Å²) in [6.07, 6.45) is 0. The Morgan fingerprint density at radius 1 is 0.258 bits per heavy atom. The number of anilines is 3. The van der Waals surface area contributed by atoms with Gasteiger partial charge in [-0.05, 0) is 111 Å². The van der Waals surface area contributed by atoms with Gasteiger partial charge in [0, 0.05) is 33.4 Å². The van der Waals surface area contributed by atoms with Gasteiger partial charge < -0.3 is 9.47 Å². The van der Waals surface area contributed by atoms with Crippen LogP contribution in [-0.4, -0.2) is 4.57 Å². The van der Waals surface area contributed by atoms with Crippen LogP contribution in [0.3, 0.4) is 0 Å². The molecule has 0 aliphatic carbocycles. The van der Waals surface area contributed by atoms with E-state index >= 15 is 0 Å². The summed E-state index contributed by atoms with van der Waals surface area (Å²) >= 11 is 0. The molecule has 0 unspecified atom stereocenters. The monoisotopic (exact) mass is 790 g/mol. The van der Waals surface area contributed by atoms with Crippen LogP contribution in [0.25, 0.3) is 83.1 Å². The third-order valence-electron chi connectivity index (χ3n) is 12.0. The number of aromatic nitrogens is 1. The first-order valence-electron chi connectivity index (χ1n) is 21.3. The van der Waals surface area contributed by atoms with Gasteiger partial charge >= 0.3 is 0 Å². The normalized spacial score (nSPS) is 11.2. The quantitative estimate of drug-likeness (QED) is 0.141. The molecule has 0 radical (unpaired) electrons. The summed E-state index contributed by atoms with van der Waals surface area (Å²) in [4.78, 5) is 2.41. The molecule has 11 rings (SSSR count). The zero-order valence-electron chi connectivity index (χ0n) is 34.1. The topological polar surface area (TPSA) is 8.17 Å². The summed E-state index contributed by atoms with van der Waals surface area (Å²) in [6.45, 7) is 0. The van der Waals surface area contributed by atoms with E-state index in [1.807, 2.05) is 0 Å². The minimum absolute atomic E-state index is 1.07. The zero-order valence-corrected chi connectivity index (χ0v) is 34.1. The van der Waals surface area contributed by atoms with Gasteiger partial charge in [-0.3, -0.25) is 0 Å². The van der Waals surface area contributed by atoms with E-state index in [9.17, 15) is 0 Å². The van der Waals surface area contributed by atoms with Crippen LogP contribution >= 0.6 is 0 Å². The van der Waals surface area contributed by atoms with Crippen LogP contribution in [0.5, 0.6) is 0 Å². The van der Waals surface area contributed by atoms with Crippen molar-refractivity contribution in [3.8, 4) is 61.3 Å².